The lowest BCUT2D eigenvalue weighted by atomic mass is 9.99. The zero-order chi connectivity index (χ0) is 37.4. The molecule has 0 radical (unpaired) electrons. The highest BCUT2D eigenvalue weighted by atomic mass is 16.7. The van der Waals surface area contributed by atoms with Crippen LogP contribution in [0.15, 0.2) is 48.6 Å². The molecular weight excluding hydrogens is 646 g/mol. The van der Waals surface area contributed by atoms with Gasteiger partial charge in [0.15, 0.2) is 6.29 Å². The number of carbonyl (C=O) groups is 1. The van der Waals surface area contributed by atoms with E-state index in [1.807, 2.05) is 6.08 Å². The summed E-state index contributed by atoms with van der Waals surface area (Å²) >= 11 is 0. The normalized spacial score (nSPS) is 22.5. The second-order valence-corrected chi connectivity index (χ2v) is 14.0. The van der Waals surface area contributed by atoms with E-state index in [4.69, 9.17) is 9.47 Å². The van der Waals surface area contributed by atoms with E-state index in [9.17, 15) is 30.3 Å². The number of carbonyl (C=O) groups excluding carboxylic acids is 1. The molecule has 0 aromatic heterocycles. The topological polar surface area (TPSA) is 149 Å². The first kappa shape index (κ1) is 47.2. The summed E-state index contributed by atoms with van der Waals surface area (Å²) in [4.78, 5) is 12.9. The Labute approximate surface area is 310 Å². The number of allylic oxidation sites excluding steroid dienone is 7. The fourth-order valence-electron chi connectivity index (χ4n) is 6.11. The number of unbranched alkanes of at least 4 members (excludes halogenated alkanes) is 16. The monoisotopic (exact) mass is 722 g/mol. The summed E-state index contributed by atoms with van der Waals surface area (Å²) in [5, 5.41) is 54.0. The second kappa shape index (κ2) is 32.8. The summed E-state index contributed by atoms with van der Waals surface area (Å²) in [6, 6.07) is -0.812. The van der Waals surface area contributed by atoms with Crippen LogP contribution in [0.25, 0.3) is 0 Å². The second-order valence-electron chi connectivity index (χ2n) is 14.0. The summed E-state index contributed by atoms with van der Waals surface area (Å²) in [6.07, 6.45) is 32.9. The van der Waals surface area contributed by atoms with Crippen molar-refractivity contribution in [1.82, 2.24) is 5.32 Å². The SMILES string of the molecule is CC/C=C\C/C=C\C/C=C\CCCCCCCC(=O)NC(COC1OC(CO)C(O)C(O)C1O)C(O)/C=C/CCCCCCCCCCCCC. The van der Waals surface area contributed by atoms with Crippen molar-refractivity contribution in [2.24, 2.45) is 0 Å². The molecule has 51 heavy (non-hydrogen) atoms. The molecule has 1 rings (SSSR count). The first-order valence-corrected chi connectivity index (χ1v) is 20.4. The van der Waals surface area contributed by atoms with Crippen LogP contribution in [0.3, 0.4) is 0 Å². The molecular formula is C42H75NO8. The molecule has 0 bridgehead atoms. The van der Waals surface area contributed by atoms with Crippen LogP contribution >= 0.6 is 0 Å². The van der Waals surface area contributed by atoms with E-state index >= 15 is 0 Å². The molecule has 0 aliphatic carbocycles. The highest BCUT2D eigenvalue weighted by molar-refractivity contribution is 5.76. The fraction of sp³-hybridized carbons (Fsp3) is 0.786. The number of amides is 1. The number of rotatable bonds is 32. The highest BCUT2D eigenvalue weighted by Crippen LogP contribution is 2.22. The summed E-state index contributed by atoms with van der Waals surface area (Å²) in [5.41, 5.74) is 0. The molecule has 7 unspecified atom stereocenters. The molecule has 296 valence electrons. The van der Waals surface area contributed by atoms with Gasteiger partial charge in [-0.15, -0.1) is 0 Å². The molecule has 1 fully saturated rings. The molecule has 9 nitrogen and oxygen atoms in total. The standard InChI is InChI=1S/C42H75NO8/c1-3-5-7-9-11-13-15-17-18-20-22-24-26-28-30-32-38(46)43-35(34-50-42-41(49)40(48)39(47)37(33-44)51-42)36(45)31-29-27-25-23-21-19-16-14-12-10-8-6-4-2/h5,7,11,13,17-18,29,31,35-37,39-42,44-45,47-49H,3-4,6,8-10,12,14-16,19-28,30,32-34H2,1-2H3,(H,43,46)/b7-5-,13-11-,18-17-,31-29+. The molecule has 0 aromatic carbocycles. The Morgan fingerprint density at radius 1 is 0.686 bits per heavy atom. The van der Waals surface area contributed by atoms with Gasteiger partial charge in [0.1, 0.15) is 24.4 Å². The van der Waals surface area contributed by atoms with E-state index in [0.29, 0.717) is 6.42 Å². The maximum absolute atomic E-state index is 12.9. The van der Waals surface area contributed by atoms with Gasteiger partial charge >= 0.3 is 0 Å². The lowest BCUT2D eigenvalue weighted by molar-refractivity contribution is -0.302. The van der Waals surface area contributed by atoms with Gasteiger partial charge in [0.05, 0.1) is 25.4 Å². The van der Waals surface area contributed by atoms with Crippen LogP contribution < -0.4 is 5.32 Å². The molecule has 1 saturated heterocycles. The van der Waals surface area contributed by atoms with Crippen LogP contribution in [0.4, 0.5) is 0 Å². The van der Waals surface area contributed by atoms with Crippen LogP contribution in [-0.4, -0.2) is 87.5 Å². The van der Waals surface area contributed by atoms with E-state index < -0.39 is 49.5 Å². The number of hydrogen-bond donors (Lipinski definition) is 6. The Hall–Kier alpha value is -1.85. The van der Waals surface area contributed by atoms with Crippen molar-refractivity contribution >= 4 is 5.91 Å². The van der Waals surface area contributed by atoms with Crippen LogP contribution in [0.5, 0.6) is 0 Å². The largest absolute Gasteiger partial charge is 0.394 e. The first-order valence-electron chi connectivity index (χ1n) is 20.4. The Kier molecular flexibility index (Phi) is 30.3. The van der Waals surface area contributed by atoms with Crippen molar-refractivity contribution in [2.75, 3.05) is 13.2 Å². The van der Waals surface area contributed by atoms with Crippen molar-refractivity contribution < 1.29 is 39.8 Å². The third kappa shape index (κ3) is 24.2. The quantitative estimate of drug-likeness (QED) is 0.0309. The molecule has 6 N–H and O–H groups in total. The van der Waals surface area contributed by atoms with Gasteiger partial charge in [-0.1, -0.05) is 146 Å². The van der Waals surface area contributed by atoms with Gasteiger partial charge < -0.3 is 40.3 Å². The van der Waals surface area contributed by atoms with Crippen LogP contribution in [0.1, 0.15) is 155 Å². The lowest BCUT2D eigenvalue weighted by Gasteiger charge is -2.40. The minimum absolute atomic E-state index is 0.197. The van der Waals surface area contributed by atoms with Crippen molar-refractivity contribution in [3.05, 3.63) is 48.6 Å². The van der Waals surface area contributed by atoms with Gasteiger partial charge in [0, 0.05) is 6.42 Å². The Morgan fingerprint density at radius 2 is 1.22 bits per heavy atom. The van der Waals surface area contributed by atoms with Gasteiger partial charge in [-0.25, -0.2) is 0 Å². The third-order valence-corrected chi connectivity index (χ3v) is 9.41. The summed E-state index contributed by atoms with van der Waals surface area (Å²) in [5.74, 6) is -0.198. The maximum Gasteiger partial charge on any atom is 0.220 e. The molecule has 1 aliphatic rings. The summed E-state index contributed by atoms with van der Waals surface area (Å²) < 4.78 is 11.2. The van der Waals surface area contributed by atoms with E-state index in [-0.39, 0.29) is 12.5 Å². The fourth-order valence-corrected chi connectivity index (χ4v) is 6.11. The molecule has 0 aromatic rings. The molecule has 1 heterocycles. The average Bonchev–Trinajstić information content (AvgIpc) is 3.13. The number of ether oxygens (including phenoxy) is 2. The molecule has 1 amide bonds. The lowest BCUT2D eigenvalue weighted by Crippen LogP contribution is -2.60. The predicted octanol–water partition coefficient (Wildman–Crippen LogP) is 7.50. The van der Waals surface area contributed by atoms with Crippen molar-refractivity contribution in [2.45, 2.75) is 198 Å². The zero-order valence-electron chi connectivity index (χ0n) is 32.1. The third-order valence-electron chi connectivity index (χ3n) is 9.41. The summed E-state index contributed by atoms with van der Waals surface area (Å²) in [7, 11) is 0. The van der Waals surface area contributed by atoms with Crippen LogP contribution in [0, 0.1) is 0 Å². The smallest absolute Gasteiger partial charge is 0.220 e. The number of nitrogens with one attached hydrogen (secondary N) is 1. The molecule has 1 aliphatic heterocycles. The minimum Gasteiger partial charge on any atom is -0.394 e. The average molecular weight is 722 g/mol. The Bertz CT molecular complexity index is 936. The maximum atomic E-state index is 12.9. The predicted molar refractivity (Wildman–Crippen MR) is 207 cm³/mol. The molecule has 9 heteroatoms. The number of hydrogen-bond acceptors (Lipinski definition) is 8. The van der Waals surface area contributed by atoms with Crippen LogP contribution in [0.2, 0.25) is 0 Å². The van der Waals surface area contributed by atoms with E-state index in [1.54, 1.807) is 6.08 Å². The molecule has 0 spiro atoms. The van der Waals surface area contributed by atoms with Gasteiger partial charge in [-0.3, -0.25) is 4.79 Å². The van der Waals surface area contributed by atoms with Crippen molar-refractivity contribution in [3.63, 3.8) is 0 Å². The first-order chi connectivity index (χ1) is 24.8. The minimum atomic E-state index is -1.57. The zero-order valence-corrected chi connectivity index (χ0v) is 32.1. The van der Waals surface area contributed by atoms with Gasteiger partial charge in [0.2, 0.25) is 5.91 Å². The Morgan fingerprint density at radius 3 is 1.80 bits per heavy atom. The van der Waals surface area contributed by atoms with Crippen molar-refractivity contribution in [3.8, 4) is 0 Å². The van der Waals surface area contributed by atoms with Gasteiger partial charge in [-0.2, -0.15) is 0 Å². The van der Waals surface area contributed by atoms with E-state index in [1.165, 1.54) is 57.8 Å². The van der Waals surface area contributed by atoms with Crippen molar-refractivity contribution in [1.29, 1.82) is 0 Å². The van der Waals surface area contributed by atoms with E-state index in [2.05, 4.69) is 55.6 Å². The van der Waals surface area contributed by atoms with E-state index in [0.717, 1.165) is 77.0 Å². The molecule has 0 saturated carbocycles. The number of aliphatic hydroxyl groups excluding tert-OH is 5. The summed E-state index contributed by atoms with van der Waals surface area (Å²) in [6.45, 7) is 3.62. The Balaban J connectivity index is 2.45. The number of aliphatic hydroxyl groups is 5. The van der Waals surface area contributed by atoms with Crippen LogP contribution in [-0.2, 0) is 14.3 Å². The highest BCUT2D eigenvalue weighted by Gasteiger charge is 2.44. The van der Waals surface area contributed by atoms with Gasteiger partial charge in [-0.05, 0) is 51.4 Å². The molecule has 7 atom stereocenters. The van der Waals surface area contributed by atoms with Gasteiger partial charge in [0.25, 0.3) is 0 Å².